The Morgan fingerprint density at radius 2 is 2.10 bits per heavy atom. The van der Waals surface area contributed by atoms with Crippen LogP contribution in [0, 0.1) is 11.3 Å². The monoisotopic (exact) mass is 425 g/mol. The summed E-state index contributed by atoms with van der Waals surface area (Å²) in [6.07, 6.45) is 5.19. The molecule has 1 aliphatic rings. The first-order valence-electron chi connectivity index (χ1n) is 9.61. The number of hydrogen-bond donors (Lipinski definition) is 1. The second-order valence-corrected chi connectivity index (χ2v) is 8.42. The van der Waals surface area contributed by atoms with Gasteiger partial charge in [-0.1, -0.05) is 18.2 Å². The summed E-state index contributed by atoms with van der Waals surface area (Å²) in [5.41, 5.74) is 11.6. The van der Waals surface area contributed by atoms with Crippen LogP contribution in [-0.4, -0.2) is 11.1 Å². The Morgan fingerprint density at radius 1 is 1.28 bits per heavy atom. The first-order chi connectivity index (χ1) is 13.6. The highest BCUT2D eigenvalue weighted by atomic mass is 35.5. The summed E-state index contributed by atoms with van der Waals surface area (Å²) in [7, 11) is 0. The maximum absolute atomic E-state index is 9.48. The van der Waals surface area contributed by atoms with Crippen molar-refractivity contribution in [2.75, 3.05) is 0 Å². The Labute approximate surface area is 181 Å². The van der Waals surface area contributed by atoms with Gasteiger partial charge in [0.2, 0.25) is 0 Å². The zero-order valence-corrected chi connectivity index (χ0v) is 18.1. The van der Waals surface area contributed by atoms with Gasteiger partial charge in [0, 0.05) is 17.8 Å². The van der Waals surface area contributed by atoms with E-state index in [0.29, 0.717) is 11.3 Å². The van der Waals surface area contributed by atoms with Gasteiger partial charge in [-0.2, -0.15) is 5.26 Å². The van der Waals surface area contributed by atoms with Gasteiger partial charge < -0.3 is 10.5 Å². The highest BCUT2D eigenvalue weighted by molar-refractivity contribution is 7.18. The minimum absolute atomic E-state index is 0. The largest absolute Gasteiger partial charge is 0.490 e. The Morgan fingerprint density at radius 3 is 2.86 bits per heavy atom. The van der Waals surface area contributed by atoms with Crippen LogP contribution in [0.1, 0.15) is 49.4 Å². The zero-order valence-electron chi connectivity index (χ0n) is 16.5. The molecule has 1 heterocycles. The summed E-state index contributed by atoms with van der Waals surface area (Å²) in [6.45, 7) is 3.91. The predicted octanol–water partition coefficient (Wildman–Crippen LogP) is 5.89. The highest BCUT2D eigenvalue weighted by Crippen LogP contribution is 2.39. The molecule has 0 saturated heterocycles. The fourth-order valence-corrected chi connectivity index (χ4v) is 4.72. The molecule has 1 aromatic heterocycles. The quantitative estimate of drug-likeness (QED) is 0.565. The van der Waals surface area contributed by atoms with Gasteiger partial charge in [0.05, 0.1) is 16.5 Å². The fraction of sp³-hybridized carbons (Fsp3) is 0.304. The van der Waals surface area contributed by atoms with Crippen molar-refractivity contribution in [3.05, 3.63) is 59.3 Å². The van der Waals surface area contributed by atoms with E-state index < -0.39 is 0 Å². The topological polar surface area (TPSA) is 71.9 Å². The molecule has 1 atom stereocenters. The van der Waals surface area contributed by atoms with E-state index in [2.05, 4.69) is 29.3 Å². The third-order valence-electron chi connectivity index (χ3n) is 5.03. The molecule has 0 saturated carbocycles. The van der Waals surface area contributed by atoms with Crippen LogP contribution in [0.15, 0.2) is 42.6 Å². The van der Waals surface area contributed by atoms with E-state index in [1.54, 1.807) is 11.3 Å². The fourth-order valence-electron chi connectivity index (χ4n) is 3.76. The van der Waals surface area contributed by atoms with Crippen molar-refractivity contribution in [3.63, 3.8) is 0 Å². The van der Waals surface area contributed by atoms with Crippen molar-refractivity contribution in [3.8, 4) is 32.8 Å². The van der Waals surface area contributed by atoms with Crippen LogP contribution in [0.2, 0.25) is 0 Å². The number of fused-ring (bicyclic) bond motifs is 1. The number of thiazole rings is 1. The summed E-state index contributed by atoms with van der Waals surface area (Å²) in [5.74, 6) is 0.615. The molecule has 3 aromatic rings. The van der Waals surface area contributed by atoms with E-state index in [0.717, 1.165) is 34.7 Å². The van der Waals surface area contributed by atoms with Crippen molar-refractivity contribution in [1.29, 1.82) is 5.26 Å². The zero-order chi connectivity index (χ0) is 19.7. The second-order valence-electron chi connectivity index (χ2n) is 7.39. The summed E-state index contributed by atoms with van der Waals surface area (Å²) < 4.78 is 5.72. The third kappa shape index (κ3) is 4.30. The average Bonchev–Trinajstić information content (AvgIpc) is 3.18. The van der Waals surface area contributed by atoms with Crippen molar-refractivity contribution < 1.29 is 4.74 Å². The Kier molecular flexibility index (Phi) is 6.59. The third-order valence-corrected chi connectivity index (χ3v) is 6.11. The van der Waals surface area contributed by atoms with E-state index >= 15 is 0 Å². The molecule has 6 heteroatoms. The lowest BCUT2D eigenvalue weighted by Crippen LogP contribution is -2.17. The molecule has 29 heavy (non-hydrogen) atoms. The van der Waals surface area contributed by atoms with Gasteiger partial charge in [-0.25, -0.2) is 4.98 Å². The number of halogens is 1. The Balaban J connectivity index is 0.00000240. The molecule has 0 radical (unpaired) electrons. The lowest BCUT2D eigenvalue weighted by molar-refractivity contribution is 0.242. The van der Waals surface area contributed by atoms with Crippen LogP contribution in [0.25, 0.3) is 21.0 Å². The minimum Gasteiger partial charge on any atom is -0.490 e. The molecule has 0 fully saturated rings. The molecule has 0 aliphatic heterocycles. The molecular weight excluding hydrogens is 402 g/mol. The Hall–Kier alpha value is -2.39. The number of rotatable bonds is 4. The van der Waals surface area contributed by atoms with Crippen LogP contribution in [0.4, 0.5) is 0 Å². The van der Waals surface area contributed by atoms with Crippen LogP contribution >= 0.6 is 23.7 Å². The number of aromatic nitrogens is 1. The SMILES string of the molecule is CC(C)Oc1ccc(-c2ncc(-c3cccc4c3CCCC4N)s2)cc1C#N.Cl. The lowest BCUT2D eigenvalue weighted by Gasteiger charge is -2.24. The molecule has 4 nitrogen and oxygen atoms in total. The molecule has 4 rings (SSSR count). The van der Waals surface area contributed by atoms with Crippen LogP contribution in [0.3, 0.4) is 0 Å². The maximum atomic E-state index is 9.48. The van der Waals surface area contributed by atoms with Gasteiger partial charge in [-0.15, -0.1) is 23.7 Å². The molecule has 1 unspecified atom stereocenters. The van der Waals surface area contributed by atoms with Crippen LogP contribution in [0.5, 0.6) is 5.75 Å². The number of hydrogen-bond acceptors (Lipinski definition) is 5. The number of ether oxygens (including phenoxy) is 1. The summed E-state index contributed by atoms with van der Waals surface area (Å²) >= 11 is 1.65. The van der Waals surface area contributed by atoms with Crippen molar-refractivity contribution in [2.24, 2.45) is 5.73 Å². The lowest BCUT2D eigenvalue weighted by atomic mass is 9.85. The maximum Gasteiger partial charge on any atom is 0.137 e. The summed E-state index contributed by atoms with van der Waals surface area (Å²) in [5, 5.41) is 10.4. The van der Waals surface area contributed by atoms with Crippen LogP contribution < -0.4 is 10.5 Å². The van der Waals surface area contributed by atoms with Crippen LogP contribution in [-0.2, 0) is 6.42 Å². The summed E-state index contributed by atoms with van der Waals surface area (Å²) in [6, 6.07) is 14.4. The second kappa shape index (κ2) is 8.96. The van der Waals surface area contributed by atoms with Gasteiger partial charge in [0.1, 0.15) is 16.8 Å². The molecule has 2 N–H and O–H groups in total. The van der Waals surface area contributed by atoms with Crippen molar-refractivity contribution in [2.45, 2.75) is 45.3 Å². The molecule has 2 aromatic carbocycles. The highest BCUT2D eigenvalue weighted by Gasteiger charge is 2.21. The van der Waals surface area contributed by atoms with E-state index in [4.69, 9.17) is 10.5 Å². The van der Waals surface area contributed by atoms with Gasteiger partial charge in [0.25, 0.3) is 0 Å². The van der Waals surface area contributed by atoms with E-state index in [-0.39, 0.29) is 24.6 Å². The first kappa shape index (κ1) is 21.3. The van der Waals surface area contributed by atoms with E-state index in [1.807, 2.05) is 38.2 Å². The number of nitriles is 1. The molecule has 0 amide bonds. The van der Waals surface area contributed by atoms with Crippen molar-refractivity contribution >= 4 is 23.7 Å². The number of nitrogens with zero attached hydrogens (tertiary/aromatic N) is 2. The summed E-state index contributed by atoms with van der Waals surface area (Å²) in [4.78, 5) is 5.77. The van der Waals surface area contributed by atoms with Gasteiger partial charge in [-0.05, 0) is 68.0 Å². The van der Waals surface area contributed by atoms with Gasteiger partial charge in [0.15, 0.2) is 0 Å². The van der Waals surface area contributed by atoms with Crippen molar-refractivity contribution in [1.82, 2.24) is 4.98 Å². The van der Waals surface area contributed by atoms with E-state index in [9.17, 15) is 5.26 Å². The van der Waals surface area contributed by atoms with E-state index in [1.165, 1.54) is 16.7 Å². The standard InChI is InChI=1S/C23H23N3OS.ClH/c1-14(2)27-21-10-9-15(11-16(21)12-24)23-26-13-22(28-23)19-7-3-6-18-17(19)5-4-8-20(18)25;/h3,6-7,9-11,13-14,20H,4-5,8,25H2,1-2H3;1H. The number of nitrogens with two attached hydrogens (primary N) is 1. The normalized spacial score (nSPS) is 15.3. The average molecular weight is 426 g/mol. The van der Waals surface area contributed by atoms with Gasteiger partial charge in [-0.3, -0.25) is 0 Å². The smallest absolute Gasteiger partial charge is 0.137 e. The molecule has 0 bridgehead atoms. The van der Waals surface area contributed by atoms with Gasteiger partial charge >= 0.3 is 0 Å². The first-order valence-corrected chi connectivity index (χ1v) is 10.4. The Bertz CT molecular complexity index is 1050. The molecular formula is C23H24ClN3OS. The minimum atomic E-state index is 0. The molecule has 0 spiro atoms. The molecule has 150 valence electrons. The predicted molar refractivity (Wildman–Crippen MR) is 121 cm³/mol. The number of benzene rings is 2. The molecule has 1 aliphatic carbocycles.